The van der Waals surface area contributed by atoms with Gasteiger partial charge in [0, 0.05) is 22.8 Å². The summed E-state index contributed by atoms with van der Waals surface area (Å²) in [7, 11) is 0. The van der Waals surface area contributed by atoms with Crippen LogP contribution < -0.4 is 15.4 Å². The van der Waals surface area contributed by atoms with Crippen molar-refractivity contribution >= 4 is 23.3 Å². The van der Waals surface area contributed by atoms with E-state index in [4.69, 9.17) is 11.6 Å². The molecule has 3 aromatic carbocycles. The van der Waals surface area contributed by atoms with E-state index in [1.54, 1.807) is 24.3 Å². The molecule has 0 unspecified atom stereocenters. The van der Waals surface area contributed by atoms with Crippen molar-refractivity contribution in [3.63, 3.8) is 0 Å². The molecular formula is C25H21ClF3N5O2. The zero-order chi connectivity index (χ0) is 25.5. The molecule has 0 fully saturated rings. The molecule has 0 radical (unpaired) electrons. The van der Waals surface area contributed by atoms with Crippen molar-refractivity contribution in [1.82, 2.24) is 20.1 Å². The SMILES string of the molecule is O=C(NCCCc1ccc(-c2ncn(-c3ccc(OC(F)(F)F)cc3)n2)cc1)Nc1cccc(Cl)c1. The number of aryl methyl sites for hydroxylation is 1. The molecule has 2 N–H and O–H groups in total. The molecule has 0 bridgehead atoms. The van der Waals surface area contributed by atoms with Crippen LogP contribution in [0.2, 0.25) is 5.02 Å². The normalized spacial score (nSPS) is 11.2. The van der Waals surface area contributed by atoms with Crippen molar-refractivity contribution in [3.05, 3.63) is 89.7 Å². The summed E-state index contributed by atoms with van der Waals surface area (Å²) in [6, 6.07) is 19.7. The van der Waals surface area contributed by atoms with Gasteiger partial charge in [0.2, 0.25) is 0 Å². The number of urea groups is 1. The fourth-order valence-corrected chi connectivity index (χ4v) is 3.57. The van der Waals surface area contributed by atoms with Gasteiger partial charge in [0.15, 0.2) is 5.82 Å². The maximum atomic E-state index is 12.3. The summed E-state index contributed by atoms with van der Waals surface area (Å²) in [6.45, 7) is 0.507. The number of ether oxygens (including phenoxy) is 1. The van der Waals surface area contributed by atoms with E-state index in [9.17, 15) is 18.0 Å². The molecule has 1 heterocycles. The Labute approximate surface area is 209 Å². The second-order valence-corrected chi connectivity index (χ2v) is 8.18. The highest BCUT2D eigenvalue weighted by atomic mass is 35.5. The smallest absolute Gasteiger partial charge is 0.406 e. The number of benzene rings is 3. The number of nitrogens with zero attached hydrogens (tertiary/aromatic N) is 3. The summed E-state index contributed by atoms with van der Waals surface area (Å²) in [5.74, 6) is 0.177. The number of nitrogens with one attached hydrogen (secondary N) is 2. The van der Waals surface area contributed by atoms with Crippen molar-refractivity contribution in [1.29, 1.82) is 0 Å². The summed E-state index contributed by atoms with van der Waals surface area (Å²) < 4.78 is 42.3. The molecular weight excluding hydrogens is 495 g/mol. The van der Waals surface area contributed by atoms with Gasteiger partial charge in [0.25, 0.3) is 0 Å². The maximum Gasteiger partial charge on any atom is 0.573 e. The Kier molecular flexibility index (Phi) is 7.74. The summed E-state index contributed by atoms with van der Waals surface area (Å²) in [6.07, 6.45) is -1.73. The number of carbonyl (C=O) groups is 1. The van der Waals surface area contributed by atoms with E-state index in [2.05, 4.69) is 25.5 Å². The average Bonchev–Trinajstić information content (AvgIpc) is 3.32. The third-order valence-corrected chi connectivity index (χ3v) is 5.28. The molecule has 7 nitrogen and oxygen atoms in total. The highest BCUT2D eigenvalue weighted by Gasteiger charge is 2.31. The molecule has 4 aromatic rings. The molecule has 2 amide bonds. The second-order valence-electron chi connectivity index (χ2n) is 7.75. The van der Waals surface area contributed by atoms with Crippen LogP contribution in [0.4, 0.5) is 23.7 Å². The van der Waals surface area contributed by atoms with E-state index < -0.39 is 6.36 Å². The lowest BCUT2D eigenvalue weighted by atomic mass is 10.1. The Balaban J connectivity index is 1.26. The third-order valence-electron chi connectivity index (χ3n) is 5.05. The van der Waals surface area contributed by atoms with Gasteiger partial charge < -0.3 is 15.4 Å². The summed E-state index contributed by atoms with van der Waals surface area (Å²) >= 11 is 5.91. The molecule has 0 aliphatic heterocycles. The van der Waals surface area contributed by atoms with Crippen LogP contribution in [0.1, 0.15) is 12.0 Å². The van der Waals surface area contributed by atoms with Crippen LogP contribution in [0.5, 0.6) is 5.75 Å². The lowest BCUT2D eigenvalue weighted by Crippen LogP contribution is -2.29. The Morgan fingerprint density at radius 3 is 2.47 bits per heavy atom. The van der Waals surface area contributed by atoms with Gasteiger partial charge in [-0.05, 0) is 60.9 Å². The first-order valence-electron chi connectivity index (χ1n) is 10.9. The first-order valence-corrected chi connectivity index (χ1v) is 11.3. The van der Waals surface area contributed by atoms with Crippen LogP contribution in [0.15, 0.2) is 79.1 Å². The van der Waals surface area contributed by atoms with Crippen molar-refractivity contribution in [2.45, 2.75) is 19.2 Å². The Bertz CT molecular complexity index is 1310. The van der Waals surface area contributed by atoms with E-state index in [0.29, 0.717) is 28.8 Å². The highest BCUT2D eigenvalue weighted by molar-refractivity contribution is 6.30. The molecule has 0 aliphatic carbocycles. The molecule has 0 saturated carbocycles. The zero-order valence-corrected chi connectivity index (χ0v) is 19.6. The van der Waals surface area contributed by atoms with Crippen LogP contribution >= 0.6 is 11.6 Å². The zero-order valence-electron chi connectivity index (χ0n) is 18.8. The maximum absolute atomic E-state index is 12.3. The number of carbonyl (C=O) groups excluding carboxylic acids is 1. The van der Waals surface area contributed by atoms with Crippen LogP contribution in [0.25, 0.3) is 17.1 Å². The van der Waals surface area contributed by atoms with Gasteiger partial charge in [-0.3, -0.25) is 0 Å². The fraction of sp³-hybridized carbons (Fsp3) is 0.160. The first kappa shape index (κ1) is 25.1. The molecule has 4 rings (SSSR count). The highest BCUT2D eigenvalue weighted by Crippen LogP contribution is 2.24. The number of hydrogen-bond acceptors (Lipinski definition) is 4. The van der Waals surface area contributed by atoms with E-state index in [1.807, 2.05) is 24.3 Å². The Morgan fingerprint density at radius 1 is 1.03 bits per heavy atom. The van der Waals surface area contributed by atoms with Crippen LogP contribution in [-0.2, 0) is 6.42 Å². The monoisotopic (exact) mass is 515 g/mol. The number of anilines is 1. The van der Waals surface area contributed by atoms with Crippen molar-refractivity contribution < 1.29 is 22.7 Å². The van der Waals surface area contributed by atoms with E-state index in [-0.39, 0.29) is 11.8 Å². The van der Waals surface area contributed by atoms with Crippen LogP contribution in [0.3, 0.4) is 0 Å². The number of halogens is 4. The number of hydrogen-bond donors (Lipinski definition) is 2. The minimum absolute atomic E-state index is 0.295. The lowest BCUT2D eigenvalue weighted by Gasteiger charge is -2.09. The molecule has 1 aromatic heterocycles. The summed E-state index contributed by atoms with van der Waals surface area (Å²) in [5, 5.41) is 10.5. The lowest BCUT2D eigenvalue weighted by molar-refractivity contribution is -0.274. The second kappa shape index (κ2) is 11.1. The van der Waals surface area contributed by atoms with Gasteiger partial charge in [-0.1, -0.05) is 41.9 Å². The minimum atomic E-state index is -4.74. The van der Waals surface area contributed by atoms with Gasteiger partial charge >= 0.3 is 12.4 Å². The molecule has 0 aliphatic rings. The first-order chi connectivity index (χ1) is 17.2. The topological polar surface area (TPSA) is 81.1 Å². The standard InChI is InChI=1S/C25H21ClF3N5O2/c26-19-4-1-5-20(15-19)32-24(35)30-14-2-3-17-6-8-18(9-7-17)23-31-16-34(33-23)21-10-12-22(13-11-21)36-25(27,28)29/h1,4-13,15-16H,2-3,14H2,(H2,30,32,35). The number of rotatable bonds is 8. The predicted octanol–water partition coefficient (Wildman–Crippen LogP) is 6.24. The number of alkyl halides is 3. The molecule has 0 atom stereocenters. The molecule has 0 spiro atoms. The third kappa shape index (κ3) is 7.22. The Morgan fingerprint density at radius 2 is 1.78 bits per heavy atom. The van der Waals surface area contributed by atoms with Gasteiger partial charge in [-0.15, -0.1) is 18.3 Å². The van der Waals surface area contributed by atoms with E-state index >= 15 is 0 Å². The van der Waals surface area contributed by atoms with Gasteiger partial charge in [-0.2, -0.15) is 0 Å². The fourth-order valence-electron chi connectivity index (χ4n) is 3.38. The van der Waals surface area contributed by atoms with Gasteiger partial charge in [0.1, 0.15) is 12.1 Å². The molecule has 186 valence electrons. The minimum Gasteiger partial charge on any atom is -0.406 e. The van der Waals surface area contributed by atoms with E-state index in [0.717, 1.165) is 24.0 Å². The van der Waals surface area contributed by atoms with Crippen molar-refractivity contribution in [2.24, 2.45) is 0 Å². The number of amides is 2. The van der Waals surface area contributed by atoms with Crippen LogP contribution in [0, 0.1) is 0 Å². The van der Waals surface area contributed by atoms with Crippen molar-refractivity contribution in [3.8, 4) is 22.8 Å². The average molecular weight is 516 g/mol. The van der Waals surface area contributed by atoms with Crippen molar-refractivity contribution in [2.75, 3.05) is 11.9 Å². The largest absolute Gasteiger partial charge is 0.573 e. The Hall–Kier alpha value is -4.05. The number of aromatic nitrogens is 3. The van der Waals surface area contributed by atoms with Gasteiger partial charge in [-0.25, -0.2) is 14.5 Å². The molecule has 11 heteroatoms. The quantitative estimate of drug-likeness (QED) is 0.272. The summed E-state index contributed by atoms with van der Waals surface area (Å²) in [4.78, 5) is 16.3. The predicted molar refractivity (Wildman–Crippen MR) is 130 cm³/mol. The molecule has 36 heavy (non-hydrogen) atoms. The van der Waals surface area contributed by atoms with Crippen LogP contribution in [-0.4, -0.2) is 33.7 Å². The molecule has 0 saturated heterocycles. The van der Waals surface area contributed by atoms with E-state index in [1.165, 1.54) is 35.3 Å². The van der Waals surface area contributed by atoms with Gasteiger partial charge in [0.05, 0.1) is 5.69 Å². The summed E-state index contributed by atoms with van der Waals surface area (Å²) in [5.41, 5.74) is 3.06.